The van der Waals surface area contributed by atoms with Crippen LogP contribution in [0, 0.1) is 11.3 Å². The second-order valence-electron chi connectivity index (χ2n) is 15.2. The number of nitriles is 1. The van der Waals surface area contributed by atoms with E-state index in [4.69, 9.17) is 14.4 Å². The zero-order chi connectivity index (χ0) is 38.8. The van der Waals surface area contributed by atoms with Crippen LogP contribution in [-0.4, -0.2) is 18.9 Å². The number of nitrogens with zero attached hydrogens (tertiary/aromatic N) is 5. The summed E-state index contributed by atoms with van der Waals surface area (Å²) in [6, 6.07) is 63.4. The van der Waals surface area contributed by atoms with E-state index in [1.807, 2.05) is 78.9 Å². The van der Waals surface area contributed by atoms with Crippen molar-refractivity contribution in [3.05, 3.63) is 181 Å². The maximum absolute atomic E-state index is 10.6. The molecule has 5 heterocycles. The van der Waals surface area contributed by atoms with Gasteiger partial charge in [-0.05, 0) is 42.5 Å². The van der Waals surface area contributed by atoms with Crippen molar-refractivity contribution in [2.45, 2.75) is 0 Å². The van der Waals surface area contributed by atoms with E-state index in [-0.39, 0.29) is 0 Å². The Morgan fingerprint density at radius 3 is 1.75 bits per heavy atom. The van der Waals surface area contributed by atoms with Gasteiger partial charge in [0.05, 0.1) is 44.7 Å². The minimum atomic E-state index is 0.435. The highest BCUT2D eigenvalue weighted by Crippen LogP contribution is 2.46. The molecule has 0 atom stereocenters. The number of hydrogen-bond donors (Lipinski definition) is 0. The molecule has 272 valence electrons. The van der Waals surface area contributed by atoms with Crippen molar-refractivity contribution in [3.8, 4) is 45.7 Å². The molecule has 0 aliphatic heterocycles. The summed E-state index contributed by atoms with van der Waals surface area (Å²) >= 11 is 0. The third kappa shape index (κ3) is 4.33. The number of para-hydroxylation sites is 4. The molecule has 5 aromatic heterocycles. The zero-order valence-corrected chi connectivity index (χ0v) is 31.4. The third-order valence-electron chi connectivity index (χ3n) is 12.1. The van der Waals surface area contributed by atoms with Gasteiger partial charge in [0, 0.05) is 59.8 Å². The van der Waals surface area contributed by atoms with E-state index in [2.05, 4.69) is 112 Å². The van der Waals surface area contributed by atoms with Crippen LogP contribution in [0.4, 0.5) is 0 Å². The topological polar surface area (TPSA) is 72.0 Å². The fraction of sp³-hybridized carbons (Fsp3) is 0. The fourth-order valence-electron chi connectivity index (χ4n) is 9.62. The van der Waals surface area contributed by atoms with Crippen LogP contribution in [0.5, 0.6) is 0 Å². The third-order valence-corrected chi connectivity index (χ3v) is 12.1. The average Bonchev–Trinajstić information content (AvgIpc) is 4.04. The Kier molecular flexibility index (Phi) is 6.42. The Bertz CT molecular complexity index is 3840. The maximum Gasteiger partial charge on any atom is 0.161 e. The van der Waals surface area contributed by atoms with E-state index in [1.54, 1.807) is 0 Å². The largest absolute Gasteiger partial charge is 0.454 e. The lowest BCUT2D eigenvalue weighted by Gasteiger charge is -2.14. The van der Waals surface area contributed by atoms with Gasteiger partial charge in [0.2, 0.25) is 0 Å². The summed E-state index contributed by atoms with van der Waals surface area (Å²) in [6.45, 7) is 0. The highest BCUT2D eigenvalue weighted by Gasteiger charge is 2.26. The van der Waals surface area contributed by atoms with Crippen molar-refractivity contribution in [2.75, 3.05) is 0 Å². The lowest BCUT2D eigenvalue weighted by molar-refractivity contribution is 0.666. The fourth-order valence-corrected chi connectivity index (χ4v) is 9.62. The number of hydrogen-bond acceptors (Lipinski definition) is 4. The van der Waals surface area contributed by atoms with Crippen LogP contribution in [0.2, 0.25) is 0 Å². The van der Waals surface area contributed by atoms with Crippen molar-refractivity contribution in [1.82, 2.24) is 18.9 Å². The Morgan fingerprint density at radius 2 is 1.03 bits per heavy atom. The van der Waals surface area contributed by atoms with E-state index in [0.717, 1.165) is 60.7 Å². The number of fused-ring (bicyclic) bond motifs is 12. The molecule has 0 unspecified atom stereocenters. The molecule has 59 heavy (non-hydrogen) atoms. The van der Waals surface area contributed by atoms with E-state index in [1.165, 1.54) is 43.5 Å². The number of aromatic nitrogens is 4. The van der Waals surface area contributed by atoms with Gasteiger partial charge in [-0.1, -0.05) is 133 Å². The predicted molar refractivity (Wildman–Crippen MR) is 239 cm³/mol. The van der Waals surface area contributed by atoms with Gasteiger partial charge >= 0.3 is 0 Å². The van der Waals surface area contributed by atoms with E-state index >= 15 is 0 Å². The first-order chi connectivity index (χ1) is 29.2. The first kappa shape index (κ1) is 31.9. The van der Waals surface area contributed by atoms with Gasteiger partial charge in [0.1, 0.15) is 17.2 Å². The maximum atomic E-state index is 10.6. The summed E-state index contributed by atoms with van der Waals surface area (Å²) in [7, 11) is 0. The first-order valence-electron chi connectivity index (χ1n) is 19.7. The summed E-state index contributed by atoms with van der Waals surface area (Å²) < 4.78 is 11.7. The summed E-state index contributed by atoms with van der Waals surface area (Å²) in [5.74, 6) is 0.520. The second kappa shape index (κ2) is 11.9. The zero-order valence-electron chi connectivity index (χ0n) is 31.4. The number of benzene rings is 8. The molecule has 13 aromatic rings. The standard InChI is InChI=1S/C53H29N5O/c54-30-41-49(31-14-3-1-4-15-31)55-53(56-50(41)32-16-5-2-6-17-32)38-26-27-44(52-48(38)37-20-9-12-25-47(37)59-52)57-42-23-10-8-19-34(42)39-28-46-40(29-45(39)57)36-22-13-21-35-33-18-7-11-24-43(33)58(46)51(35)36/h1-29H. The van der Waals surface area contributed by atoms with Crippen molar-refractivity contribution >= 4 is 81.8 Å². The normalized spacial score (nSPS) is 12.1. The van der Waals surface area contributed by atoms with Gasteiger partial charge in [-0.3, -0.25) is 0 Å². The molecular formula is C53H29N5O. The van der Waals surface area contributed by atoms with Crippen LogP contribution >= 0.6 is 0 Å². The first-order valence-corrected chi connectivity index (χ1v) is 19.7. The van der Waals surface area contributed by atoms with Crippen molar-refractivity contribution in [3.63, 3.8) is 0 Å². The van der Waals surface area contributed by atoms with Crippen LogP contribution in [0.25, 0.3) is 121 Å². The molecule has 0 bridgehead atoms. The Morgan fingerprint density at radius 1 is 0.475 bits per heavy atom. The smallest absolute Gasteiger partial charge is 0.161 e. The molecule has 6 nitrogen and oxygen atoms in total. The van der Waals surface area contributed by atoms with Crippen molar-refractivity contribution < 1.29 is 4.42 Å². The molecular weight excluding hydrogens is 723 g/mol. The van der Waals surface area contributed by atoms with Gasteiger partial charge in [-0.25, -0.2) is 9.97 Å². The molecule has 0 aliphatic carbocycles. The van der Waals surface area contributed by atoms with E-state index in [9.17, 15) is 5.26 Å². The van der Waals surface area contributed by atoms with Gasteiger partial charge in [-0.2, -0.15) is 5.26 Å². The molecule has 0 radical (unpaired) electrons. The molecule has 13 rings (SSSR count). The summed E-state index contributed by atoms with van der Waals surface area (Å²) in [6.07, 6.45) is 0. The molecule has 0 saturated heterocycles. The molecule has 0 amide bonds. The van der Waals surface area contributed by atoms with Crippen LogP contribution < -0.4 is 0 Å². The summed E-state index contributed by atoms with van der Waals surface area (Å²) in [4.78, 5) is 10.4. The number of rotatable bonds is 4. The van der Waals surface area contributed by atoms with Crippen LogP contribution in [0.1, 0.15) is 5.56 Å². The molecule has 6 heteroatoms. The quantitative estimate of drug-likeness (QED) is 0.179. The molecule has 0 fully saturated rings. The average molecular weight is 752 g/mol. The Hall–Kier alpha value is -8.27. The number of furan rings is 1. The van der Waals surface area contributed by atoms with E-state index in [0.29, 0.717) is 22.8 Å². The predicted octanol–water partition coefficient (Wildman–Crippen LogP) is 13.5. The van der Waals surface area contributed by atoms with Crippen molar-refractivity contribution in [1.29, 1.82) is 5.26 Å². The van der Waals surface area contributed by atoms with E-state index < -0.39 is 0 Å². The van der Waals surface area contributed by atoms with Crippen molar-refractivity contribution in [2.24, 2.45) is 0 Å². The lowest BCUT2D eigenvalue weighted by Crippen LogP contribution is -2.02. The second-order valence-corrected chi connectivity index (χ2v) is 15.2. The van der Waals surface area contributed by atoms with Crippen LogP contribution in [0.3, 0.4) is 0 Å². The molecule has 0 saturated carbocycles. The highest BCUT2D eigenvalue weighted by molar-refractivity contribution is 6.26. The molecule has 8 aromatic carbocycles. The highest BCUT2D eigenvalue weighted by atomic mass is 16.3. The van der Waals surface area contributed by atoms with Gasteiger partial charge in [-0.15, -0.1) is 0 Å². The van der Waals surface area contributed by atoms with Gasteiger partial charge in [0.25, 0.3) is 0 Å². The minimum Gasteiger partial charge on any atom is -0.454 e. The lowest BCUT2D eigenvalue weighted by atomic mass is 9.99. The van der Waals surface area contributed by atoms with Crippen LogP contribution in [-0.2, 0) is 0 Å². The van der Waals surface area contributed by atoms with Gasteiger partial charge in [0.15, 0.2) is 11.4 Å². The Labute approximate surface area is 336 Å². The molecule has 0 aliphatic rings. The summed E-state index contributed by atoms with van der Waals surface area (Å²) in [5, 5.41) is 19.8. The molecule has 0 spiro atoms. The SMILES string of the molecule is N#Cc1c(-c2ccccc2)nc(-c2ccc(-n3c4ccccc4c4cc5c(cc43)c3cccc4c6ccccc6n5c43)c3oc4ccccc4c23)nc1-c1ccccc1. The minimum absolute atomic E-state index is 0.435. The molecule has 0 N–H and O–H groups in total. The van der Waals surface area contributed by atoms with Gasteiger partial charge < -0.3 is 13.4 Å². The summed E-state index contributed by atoms with van der Waals surface area (Å²) in [5.41, 5.74) is 12.4. The Balaban J connectivity index is 1.13. The monoisotopic (exact) mass is 751 g/mol. The van der Waals surface area contributed by atoms with Crippen LogP contribution in [0.15, 0.2) is 180 Å².